The van der Waals surface area contributed by atoms with Crippen molar-refractivity contribution in [2.75, 3.05) is 9.80 Å². The second kappa shape index (κ2) is 13.8. The monoisotopic (exact) mass is 738 g/mol. The molecule has 0 atom stereocenters. The van der Waals surface area contributed by atoms with E-state index in [2.05, 4.69) is 218 Å². The summed E-state index contributed by atoms with van der Waals surface area (Å²) in [6.45, 7) is 4.67. The number of nitrogens with zero attached hydrogens (tertiary/aromatic N) is 4. The first kappa shape index (κ1) is 33.7. The van der Waals surface area contributed by atoms with Crippen LogP contribution in [0, 0.1) is 0 Å². The summed E-state index contributed by atoms with van der Waals surface area (Å²) in [7, 11) is 0. The molecule has 0 bridgehead atoms. The highest BCUT2D eigenvalue weighted by atomic mass is 32.1. The van der Waals surface area contributed by atoms with Gasteiger partial charge in [0, 0.05) is 50.5 Å². The summed E-state index contributed by atoms with van der Waals surface area (Å²) >= 11 is 1.43. The number of hydrogen-bond donors (Lipinski definition) is 0. The molecule has 1 aliphatic rings. The molecule has 9 aromatic rings. The van der Waals surface area contributed by atoms with E-state index >= 15 is 0 Å². The average molecular weight is 739 g/mol. The van der Waals surface area contributed by atoms with Crippen LogP contribution in [0.15, 0.2) is 194 Å². The van der Waals surface area contributed by atoms with E-state index in [9.17, 15) is 0 Å². The standard InChI is InChI=1S/C51H38N4S/c1-51(2)45-21-12-11-20-44(45)48-46(51)22-13-23-47(48)55(40-18-7-4-8-19-40)42-31-27-37(28-32-42)50-52-49(53-56-50)36-25-29-41(30-26-36)54(39-16-5-3-6-17-39)43-33-24-35-14-9-10-15-38(35)34-43/h3-34H,1-2H3. The number of hydrogen-bond acceptors (Lipinski definition) is 5. The largest absolute Gasteiger partial charge is 0.310 e. The van der Waals surface area contributed by atoms with Crippen LogP contribution in [0.1, 0.15) is 25.0 Å². The lowest BCUT2D eigenvalue weighted by atomic mass is 9.82. The molecule has 4 nitrogen and oxygen atoms in total. The van der Waals surface area contributed by atoms with Gasteiger partial charge in [0.1, 0.15) is 5.01 Å². The van der Waals surface area contributed by atoms with Crippen LogP contribution in [-0.4, -0.2) is 9.36 Å². The third kappa shape index (κ3) is 5.85. The maximum absolute atomic E-state index is 5.04. The predicted octanol–water partition coefficient (Wildman–Crippen LogP) is 14.3. The molecule has 8 aromatic carbocycles. The van der Waals surface area contributed by atoms with Gasteiger partial charge in [-0.25, -0.2) is 4.98 Å². The fourth-order valence-electron chi connectivity index (χ4n) is 8.24. The van der Waals surface area contributed by atoms with Gasteiger partial charge in [-0.2, -0.15) is 4.37 Å². The number of benzene rings is 8. The van der Waals surface area contributed by atoms with Crippen molar-refractivity contribution >= 4 is 56.4 Å². The van der Waals surface area contributed by atoms with Gasteiger partial charge >= 0.3 is 0 Å². The maximum atomic E-state index is 5.04. The SMILES string of the molecule is CC1(C)c2ccccc2-c2c(N(c3ccccc3)c3ccc(-c4nc(-c5ccc(N(c6ccccc6)c6ccc7ccccc7c6)cc5)ns4)cc3)cccc21. The van der Waals surface area contributed by atoms with Gasteiger partial charge in [-0.15, -0.1) is 0 Å². The van der Waals surface area contributed by atoms with Crippen molar-refractivity contribution in [3.63, 3.8) is 0 Å². The zero-order valence-electron chi connectivity index (χ0n) is 31.2. The number of para-hydroxylation sites is 2. The van der Waals surface area contributed by atoms with Crippen molar-refractivity contribution in [3.8, 4) is 33.1 Å². The van der Waals surface area contributed by atoms with Crippen LogP contribution in [0.25, 0.3) is 43.9 Å². The maximum Gasteiger partial charge on any atom is 0.173 e. The van der Waals surface area contributed by atoms with Crippen LogP contribution in [-0.2, 0) is 5.41 Å². The minimum Gasteiger partial charge on any atom is -0.310 e. The van der Waals surface area contributed by atoms with Gasteiger partial charge in [0.15, 0.2) is 5.82 Å². The Morgan fingerprint density at radius 3 is 1.73 bits per heavy atom. The molecule has 0 amide bonds. The summed E-state index contributed by atoms with van der Waals surface area (Å²) in [6.07, 6.45) is 0. The number of anilines is 6. The van der Waals surface area contributed by atoms with E-state index in [4.69, 9.17) is 9.36 Å². The van der Waals surface area contributed by atoms with Gasteiger partial charge in [-0.3, -0.25) is 0 Å². The lowest BCUT2D eigenvalue weighted by molar-refractivity contribution is 0.660. The van der Waals surface area contributed by atoms with Crippen LogP contribution in [0.3, 0.4) is 0 Å². The Balaban J connectivity index is 0.962. The Kier molecular flexibility index (Phi) is 8.31. The summed E-state index contributed by atoms with van der Waals surface area (Å²) < 4.78 is 4.82. The Morgan fingerprint density at radius 2 is 1.00 bits per heavy atom. The number of fused-ring (bicyclic) bond motifs is 4. The van der Waals surface area contributed by atoms with Crippen molar-refractivity contribution in [3.05, 3.63) is 205 Å². The number of aromatic nitrogens is 2. The highest BCUT2D eigenvalue weighted by Crippen LogP contribution is 2.54. The number of rotatable bonds is 8. The molecular weight excluding hydrogens is 701 g/mol. The van der Waals surface area contributed by atoms with E-state index in [1.54, 1.807) is 0 Å². The van der Waals surface area contributed by atoms with E-state index in [0.717, 1.165) is 50.4 Å². The summed E-state index contributed by atoms with van der Waals surface area (Å²) in [4.78, 5) is 9.71. The summed E-state index contributed by atoms with van der Waals surface area (Å²) in [5.41, 5.74) is 13.9. The highest BCUT2D eigenvalue weighted by Gasteiger charge is 2.37. The van der Waals surface area contributed by atoms with E-state index < -0.39 is 0 Å². The van der Waals surface area contributed by atoms with E-state index in [1.165, 1.54) is 50.2 Å². The van der Waals surface area contributed by atoms with Crippen LogP contribution in [0.2, 0.25) is 0 Å². The molecule has 0 N–H and O–H groups in total. The fourth-order valence-corrected chi connectivity index (χ4v) is 8.92. The molecule has 0 radical (unpaired) electrons. The molecule has 0 saturated carbocycles. The van der Waals surface area contributed by atoms with E-state index in [1.807, 2.05) is 0 Å². The normalized spacial score (nSPS) is 12.6. The molecule has 0 saturated heterocycles. The summed E-state index contributed by atoms with van der Waals surface area (Å²) in [6, 6.07) is 69.2. The van der Waals surface area contributed by atoms with Crippen LogP contribution in [0.5, 0.6) is 0 Å². The molecule has 0 aliphatic heterocycles. The lowest BCUT2D eigenvalue weighted by Crippen LogP contribution is -2.16. The third-order valence-corrected chi connectivity index (χ3v) is 11.8. The quantitative estimate of drug-likeness (QED) is 0.155. The fraction of sp³-hybridized carbons (Fsp3) is 0.0588. The van der Waals surface area contributed by atoms with Crippen molar-refractivity contribution in [1.82, 2.24) is 9.36 Å². The first-order valence-electron chi connectivity index (χ1n) is 19.0. The summed E-state index contributed by atoms with van der Waals surface area (Å²) in [5, 5.41) is 3.32. The Hall–Kier alpha value is -6.82. The molecule has 1 aliphatic carbocycles. The van der Waals surface area contributed by atoms with Crippen LogP contribution < -0.4 is 9.80 Å². The van der Waals surface area contributed by atoms with Gasteiger partial charge in [0.2, 0.25) is 0 Å². The van der Waals surface area contributed by atoms with Gasteiger partial charge in [-0.05, 0) is 130 Å². The molecule has 56 heavy (non-hydrogen) atoms. The zero-order valence-corrected chi connectivity index (χ0v) is 32.0. The molecular formula is C51H38N4S. The molecule has 10 rings (SSSR count). The van der Waals surface area contributed by atoms with Gasteiger partial charge in [-0.1, -0.05) is 117 Å². The second-order valence-electron chi connectivity index (χ2n) is 14.8. The van der Waals surface area contributed by atoms with Crippen molar-refractivity contribution in [2.24, 2.45) is 0 Å². The molecule has 5 heteroatoms. The third-order valence-electron chi connectivity index (χ3n) is 11.0. The minimum absolute atomic E-state index is 0.0808. The lowest BCUT2D eigenvalue weighted by Gasteiger charge is -2.29. The zero-order chi connectivity index (χ0) is 37.6. The van der Waals surface area contributed by atoms with Crippen LogP contribution >= 0.6 is 11.5 Å². The Morgan fingerprint density at radius 1 is 0.446 bits per heavy atom. The highest BCUT2D eigenvalue weighted by molar-refractivity contribution is 7.09. The second-order valence-corrected chi connectivity index (χ2v) is 15.5. The van der Waals surface area contributed by atoms with Gasteiger partial charge in [0.25, 0.3) is 0 Å². The first-order chi connectivity index (χ1) is 27.5. The first-order valence-corrected chi connectivity index (χ1v) is 19.8. The topological polar surface area (TPSA) is 32.3 Å². The molecule has 0 fully saturated rings. The summed E-state index contributed by atoms with van der Waals surface area (Å²) in [5.74, 6) is 0.727. The Labute approximate surface area is 331 Å². The Bertz CT molecular complexity index is 2830. The van der Waals surface area contributed by atoms with Crippen molar-refractivity contribution in [1.29, 1.82) is 0 Å². The molecule has 0 spiro atoms. The molecule has 1 aromatic heterocycles. The van der Waals surface area contributed by atoms with E-state index in [-0.39, 0.29) is 5.41 Å². The molecule has 268 valence electrons. The average Bonchev–Trinajstić information content (AvgIpc) is 3.84. The van der Waals surface area contributed by atoms with Crippen molar-refractivity contribution in [2.45, 2.75) is 19.3 Å². The van der Waals surface area contributed by atoms with E-state index in [0.29, 0.717) is 0 Å². The molecule has 1 heterocycles. The smallest absolute Gasteiger partial charge is 0.173 e. The molecule has 0 unspecified atom stereocenters. The van der Waals surface area contributed by atoms with Gasteiger partial charge in [0.05, 0.1) is 5.69 Å². The van der Waals surface area contributed by atoms with Gasteiger partial charge < -0.3 is 9.80 Å². The van der Waals surface area contributed by atoms with Crippen LogP contribution in [0.4, 0.5) is 34.1 Å². The predicted molar refractivity (Wildman–Crippen MR) is 235 cm³/mol. The van der Waals surface area contributed by atoms with Crippen molar-refractivity contribution < 1.29 is 0 Å². The minimum atomic E-state index is -0.0808.